The monoisotopic (exact) mass is 389 g/mol. The van der Waals surface area contributed by atoms with Gasteiger partial charge in [0.05, 0.1) is 21.8 Å². The van der Waals surface area contributed by atoms with Crippen molar-refractivity contribution in [1.29, 1.82) is 0 Å². The third-order valence-electron chi connectivity index (χ3n) is 3.28. The summed E-state index contributed by atoms with van der Waals surface area (Å²) in [6.45, 7) is 4.41. The maximum Gasteiger partial charge on any atom is 0.291 e. The fraction of sp³-hybridized carbons (Fsp3) is 0.333. The number of nitrogens with zero attached hydrogens (tertiary/aromatic N) is 2. The van der Waals surface area contributed by atoms with Gasteiger partial charge in [0.15, 0.2) is 0 Å². The zero-order chi connectivity index (χ0) is 17.9. The molecule has 0 atom stereocenters. The molecule has 0 aliphatic rings. The average Bonchev–Trinajstić information content (AvgIpc) is 2.52. The summed E-state index contributed by atoms with van der Waals surface area (Å²) >= 11 is 11.5. The standard InChI is InChI=1S/C15H17Cl2N3O3S/c1-10(2)7-8-19-24(22,23)12-5-3-11(4-6-12)20-15(21)14(17)13(16)9-18-20/h3-6,9-10,19H,7-8H2,1-2H3. The molecule has 0 amide bonds. The highest BCUT2D eigenvalue weighted by atomic mass is 35.5. The molecule has 0 radical (unpaired) electrons. The van der Waals surface area contributed by atoms with Gasteiger partial charge in [0.1, 0.15) is 5.02 Å². The van der Waals surface area contributed by atoms with Crippen LogP contribution in [-0.2, 0) is 10.0 Å². The van der Waals surface area contributed by atoms with E-state index in [0.29, 0.717) is 18.2 Å². The first-order chi connectivity index (χ1) is 11.2. The van der Waals surface area contributed by atoms with Crippen LogP contribution in [0.4, 0.5) is 0 Å². The van der Waals surface area contributed by atoms with E-state index in [1.54, 1.807) is 0 Å². The summed E-state index contributed by atoms with van der Waals surface area (Å²) in [6, 6.07) is 5.78. The number of nitrogens with one attached hydrogen (secondary N) is 1. The maximum atomic E-state index is 12.2. The SMILES string of the molecule is CC(C)CCNS(=O)(=O)c1ccc(-n2ncc(Cl)c(Cl)c2=O)cc1. The molecule has 6 nitrogen and oxygen atoms in total. The molecule has 0 fully saturated rings. The Balaban J connectivity index is 2.25. The lowest BCUT2D eigenvalue weighted by molar-refractivity contribution is 0.551. The largest absolute Gasteiger partial charge is 0.291 e. The summed E-state index contributed by atoms with van der Waals surface area (Å²) < 4.78 is 28.0. The second kappa shape index (κ2) is 7.65. The van der Waals surface area contributed by atoms with E-state index >= 15 is 0 Å². The number of benzene rings is 1. The first-order valence-electron chi connectivity index (χ1n) is 7.26. The van der Waals surface area contributed by atoms with Crippen molar-refractivity contribution in [2.75, 3.05) is 6.54 Å². The smallest absolute Gasteiger partial charge is 0.266 e. The highest BCUT2D eigenvalue weighted by Gasteiger charge is 2.15. The van der Waals surface area contributed by atoms with Gasteiger partial charge in [-0.25, -0.2) is 13.1 Å². The third-order valence-corrected chi connectivity index (χ3v) is 5.51. The van der Waals surface area contributed by atoms with Crippen molar-refractivity contribution in [2.45, 2.75) is 25.2 Å². The van der Waals surface area contributed by atoms with Gasteiger partial charge in [-0.05, 0) is 36.6 Å². The van der Waals surface area contributed by atoms with E-state index in [4.69, 9.17) is 23.2 Å². The summed E-state index contributed by atoms with van der Waals surface area (Å²) in [5, 5.41) is 3.81. The molecule has 0 spiro atoms. The van der Waals surface area contributed by atoms with Crippen molar-refractivity contribution >= 4 is 33.2 Å². The Bertz CT molecular complexity index is 878. The van der Waals surface area contributed by atoms with Crippen LogP contribution in [0.25, 0.3) is 5.69 Å². The molecule has 9 heteroatoms. The second-order valence-electron chi connectivity index (χ2n) is 5.60. The molecular formula is C15H17Cl2N3O3S. The molecule has 130 valence electrons. The minimum absolute atomic E-state index is 0.0615. The number of rotatable bonds is 6. The Labute approximate surface area is 150 Å². The maximum absolute atomic E-state index is 12.2. The first kappa shape index (κ1) is 18.9. The molecule has 2 aromatic rings. The molecule has 1 aromatic heterocycles. The zero-order valence-corrected chi connectivity index (χ0v) is 15.5. The molecule has 1 heterocycles. The van der Waals surface area contributed by atoms with Gasteiger partial charge in [-0.2, -0.15) is 9.78 Å². The summed E-state index contributed by atoms with van der Waals surface area (Å²) in [5.41, 5.74) is -0.186. The van der Waals surface area contributed by atoms with Crippen LogP contribution in [0.15, 0.2) is 40.2 Å². The van der Waals surface area contributed by atoms with Crippen molar-refractivity contribution in [3.8, 4) is 5.69 Å². The molecule has 0 unspecified atom stereocenters. The summed E-state index contributed by atoms with van der Waals surface area (Å²) in [7, 11) is -3.58. The number of aromatic nitrogens is 2. The zero-order valence-electron chi connectivity index (χ0n) is 13.2. The van der Waals surface area contributed by atoms with E-state index in [9.17, 15) is 13.2 Å². The molecule has 24 heavy (non-hydrogen) atoms. The van der Waals surface area contributed by atoms with Crippen LogP contribution in [0.2, 0.25) is 10.0 Å². The van der Waals surface area contributed by atoms with E-state index in [-0.39, 0.29) is 14.9 Å². The highest BCUT2D eigenvalue weighted by Crippen LogP contribution is 2.17. The third kappa shape index (κ3) is 4.36. The minimum atomic E-state index is -3.58. The Morgan fingerprint density at radius 3 is 2.42 bits per heavy atom. The van der Waals surface area contributed by atoms with Crippen molar-refractivity contribution in [1.82, 2.24) is 14.5 Å². The fourth-order valence-corrected chi connectivity index (χ4v) is 3.23. The van der Waals surface area contributed by atoms with E-state index in [0.717, 1.165) is 11.1 Å². The van der Waals surface area contributed by atoms with Crippen LogP contribution in [0, 0.1) is 5.92 Å². The summed E-state index contributed by atoms with van der Waals surface area (Å²) in [4.78, 5) is 12.1. The van der Waals surface area contributed by atoms with Crippen LogP contribution < -0.4 is 10.3 Å². The first-order valence-corrected chi connectivity index (χ1v) is 9.49. The quantitative estimate of drug-likeness (QED) is 0.823. The molecule has 0 aliphatic heterocycles. The van der Waals surface area contributed by atoms with Crippen molar-refractivity contribution in [2.24, 2.45) is 5.92 Å². The van der Waals surface area contributed by atoms with Crippen LogP contribution in [0.5, 0.6) is 0 Å². The molecule has 1 N–H and O–H groups in total. The lowest BCUT2D eigenvalue weighted by Gasteiger charge is -2.09. The van der Waals surface area contributed by atoms with Crippen molar-refractivity contribution in [3.05, 3.63) is 50.9 Å². The van der Waals surface area contributed by atoms with Crippen LogP contribution in [0.3, 0.4) is 0 Å². The number of hydrogen-bond donors (Lipinski definition) is 1. The lowest BCUT2D eigenvalue weighted by atomic mass is 10.1. The van der Waals surface area contributed by atoms with Crippen LogP contribution in [0.1, 0.15) is 20.3 Å². The van der Waals surface area contributed by atoms with Gasteiger partial charge in [0.2, 0.25) is 10.0 Å². The van der Waals surface area contributed by atoms with E-state index < -0.39 is 15.6 Å². The summed E-state index contributed by atoms with van der Waals surface area (Å²) in [5.74, 6) is 0.405. The molecular weight excluding hydrogens is 373 g/mol. The normalized spacial score (nSPS) is 11.9. The number of hydrogen-bond acceptors (Lipinski definition) is 4. The lowest BCUT2D eigenvalue weighted by Crippen LogP contribution is -2.26. The predicted molar refractivity (Wildman–Crippen MR) is 94.5 cm³/mol. The van der Waals surface area contributed by atoms with Gasteiger partial charge in [-0.3, -0.25) is 4.79 Å². The molecule has 0 aliphatic carbocycles. The van der Waals surface area contributed by atoms with Gasteiger partial charge in [-0.1, -0.05) is 37.0 Å². The van der Waals surface area contributed by atoms with Crippen molar-refractivity contribution in [3.63, 3.8) is 0 Å². The molecule has 0 bridgehead atoms. The van der Waals surface area contributed by atoms with Gasteiger partial charge in [0, 0.05) is 6.54 Å². The molecule has 2 rings (SSSR count). The second-order valence-corrected chi connectivity index (χ2v) is 8.15. The minimum Gasteiger partial charge on any atom is -0.266 e. The van der Waals surface area contributed by atoms with Gasteiger partial charge in [-0.15, -0.1) is 0 Å². The van der Waals surface area contributed by atoms with E-state index in [2.05, 4.69) is 9.82 Å². The van der Waals surface area contributed by atoms with E-state index in [1.165, 1.54) is 30.5 Å². The Morgan fingerprint density at radius 1 is 1.21 bits per heavy atom. The molecule has 0 saturated heterocycles. The Hall–Kier alpha value is -1.41. The van der Waals surface area contributed by atoms with Crippen molar-refractivity contribution < 1.29 is 8.42 Å². The Kier molecular flexibility index (Phi) is 6.03. The Morgan fingerprint density at radius 2 is 1.83 bits per heavy atom. The van der Waals surface area contributed by atoms with Gasteiger partial charge in [0.25, 0.3) is 5.56 Å². The van der Waals surface area contributed by atoms with E-state index in [1.807, 2.05) is 13.8 Å². The topological polar surface area (TPSA) is 81.1 Å². The number of sulfonamides is 1. The fourth-order valence-electron chi connectivity index (χ4n) is 1.93. The van der Waals surface area contributed by atoms with Gasteiger partial charge >= 0.3 is 0 Å². The highest BCUT2D eigenvalue weighted by molar-refractivity contribution is 7.89. The summed E-state index contributed by atoms with van der Waals surface area (Å²) in [6.07, 6.45) is 2.00. The van der Waals surface area contributed by atoms with Crippen LogP contribution in [-0.4, -0.2) is 24.7 Å². The van der Waals surface area contributed by atoms with Gasteiger partial charge < -0.3 is 0 Å². The molecule has 0 saturated carbocycles. The van der Waals surface area contributed by atoms with Crippen LogP contribution >= 0.6 is 23.2 Å². The molecule has 1 aromatic carbocycles. The average molecular weight is 390 g/mol. The number of halogens is 2. The predicted octanol–water partition coefficient (Wildman–Crippen LogP) is 2.86.